The van der Waals surface area contributed by atoms with Gasteiger partial charge in [-0.15, -0.1) is 0 Å². The summed E-state index contributed by atoms with van der Waals surface area (Å²) in [7, 11) is 0. The predicted octanol–water partition coefficient (Wildman–Crippen LogP) is 0.808. The number of hydrogen-bond acceptors (Lipinski definition) is 3. The molecule has 1 saturated heterocycles. The van der Waals surface area contributed by atoms with Gasteiger partial charge in [0.25, 0.3) is 5.91 Å². The van der Waals surface area contributed by atoms with Crippen LogP contribution < -0.4 is 16.8 Å². The molecular weight excluding hydrogens is 268 g/mol. The molecule has 1 aromatic carbocycles. The predicted molar refractivity (Wildman–Crippen MR) is 80.6 cm³/mol. The number of nitrogens with two attached hydrogens (primary N) is 2. The molecule has 6 heteroatoms. The summed E-state index contributed by atoms with van der Waals surface area (Å²) in [5, 5.41) is 2.52. The first-order valence-corrected chi connectivity index (χ1v) is 7.25. The number of primary amides is 1. The number of piperidine rings is 1. The van der Waals surface area contributed by atoms with Gasteiger partial charge in [-0.2, -0.15) is 0 Å². The Morgan fingerprint density at radius 1 is 1.24 bits per heavy atom. The van der Waals surface area contributed by atoms with E-state index in [4.69, 9.17) is 11.5 Å². The zero-order chi connectivity index (χ0) is 15.2. The van der Waals surface area contributed by atoms with E-state index in [0.717, 1.165) is 31.4 Å². The van der Waals surface area contributed by atoms with Gasteiger partial charge < -0.3 is 21.7 Å². The van der Waals surface area contributed by atoms with Crippen molar-refractivity contribution >= 4 is 11.9 Å². The second kappa shape index (κ2) is 7.08. The van der Waals surface area contributed by atoms with Gasteiger partial charge >= 0.3 is 6.03 Å². The summed E-state index contributed by atoms with van der Waals surface area (Å²) in [6.45, 7) is 1.64. The number of urea groups is 1. The van der Waals surface area contributed by atoms with Crippen molar-refractivity contribution in [1.29, 1.82) is 0 Å². The van der Waals surface area contributed by atoms with Crippen LogP contribution in [-0.2, 0) is 6.54 Å². The van der Waals surface area contributed by atoms with Gasteiger partial charge in [-0.25, -0.2) is 4.79 Å². The first-order chi connectivity index (χ1) is 10.1. The highest BCUT2D eigenvalue weighted by Crippen LogP contribution is 2.19. The zero-order valence-electron chi connectivity index (χ0n) is 12.0. The number of likely N-dealkylation sites (tertiary alicyclic amines) is 1. The van der Waals surface area contributed by atoms with E-state index in [1.807, 2.05) is 17.0 Å². The van der Waals surface area contributed by atoms with Crippen LogP contribution in [0.15, 0.2) is 24.3 Å². The van der Waals surface area contributed by atoms with E-state index < -0.39 is 6.03 Å². The van der Waals surface area contributed by atoms with Crippen molar-refractivity contribution in [2.75, 3.05) is 13.1 Å². The normalized spacial score (nSPS) is 18.3. The Hall–Kier alpha value is -2.08. The number of nitrogens with one attached hydrogen (secondary N) is 1. The summed E-state index contributed by atoms with van der Waals surface area (Å²) < 4.78 is 0. The van der Waals surface area contributed by atoms with Crippen molar-refractivity contribution in [3.05, 3.63) is 35.4 Å². The number of hydrogen-bond donors (Lipinski definition) is 3. The number of nitrogens with zero attached hydrogens (tertiary/aromatic N) is 1. The minimum Gasteiger partial charge on any atom is -0.352 e. The van der Waals surface area contributed by atoms with Gasteiger partial charge in [-0.3, -0.25) is 4.79 Å². The highest BCUT2D eigenvalue weighted by Gasteiger charge is 2.26. The molecule has 0 saturated carbocycles. The largest absolute Gasteiger partial charge is 0.352 e. The van der Waals surface area contributed by atoms with Gasteiger partial charge in [0.2, 0.25) is 0 Å². The van der Waals surface area contributed by atoms with Crippen LogP contribution in [0.4, 0.5) is 4.79 Å². The lowest BCUT2D eigenvalue weighted by atomic mass is 10.0. The second-order valence-electron chi connectivity index (χ2n) is 5.30. The summed E-state index contributed by atoms with van der Waals surface area (Å²) in [6, 6.07) is 6.79. The summed E-state index contributed by atoms with van der Waals surface area (Å²) >= 11 is 0. The van der Waals surface area contributed by atoms with Crippen LogP contribution in [0.25, 0.3) is 0 Å². The van der Waals surface area contributed by atoms with Crippen LogP contribution in [0.2, 0.25) is 0 Å². The van der Waals surface area contributed by atoms with Gasteiger partial charge in [0.15, 0.2) is 0 Å². The van der Waals surface area contributed by atoms with Crippen LogP contribution in [0.1, 0.15) is 35.2 Å². The standard InChI is InChI=1S/C15H22N4O2/c16-9-13-3-1-2-8-19(13)14(20)12-6-4-11(5-7-12)10-18-15(17)21/h4-7,13H,1-3,8-10,16H2,(H3,17,18,21). The Bertz CT molecular complexity index is 501. The molecule has 6 nitrogen and oxygen atoms in total. The van der Waals surface area contributed by atoms with E-state index in [0.29, 0.717) is 18.7 Å². The van der Waals surface area contributed by atoms with E-state index in [2.05, 4.69) is 5.32 Å². The molecule has 114 valence electrons. The number of carbonyl (C=O) groups is 2. The molecule has 0 spiro atoms. The van der Waals surface area contributed by atoms with E-state index in [-0.39, 0.29) is 11.9 Å². The fourth-order valence-electron chi connectivity index (χ4n) is 2.63. The Morgan fingerprint density at radius 3 is 2.57 bits per heavy atom. The maximum atomic E-state index is 12.5. The Labute approximate surface area is 124 Å². The molecular formula is C15H22N4O2. The third kappa shape index (κ3) is 3.95. The van der Waals surface area contributed by atoms with E-state index in [1.165, 1.54) is 0 Å². The zero-order valence-corrected chi connectivity index (χ0v) is 12.0. The quantitative estimate of drug-likeness (QED) is 0.764. The first-order valence-electron chi connectivity index (χ1n) is 7.25. The Kier molecular flexibility index (Phi) is 5.16. The maximum absolute atomic E-state index is 12.5. The molecule has 0 bridgehead atoms. The summed E-state index contributed by atoms with van der Waals surface area (Å²) in [4.78, 5) is 25.1. The molecule has 1 heterocycles. The van der Waals surface area contributed by atoms with Crippen molar-refractivity contribution in [1.82, 2.24) is 10.2 Å². The average molecular weight is 290 g/mol. The maximum Gasteiger partial charge on any atom is 0.312 e. The first kappa shape index (κ1) is 15.3. The SMILES string of the molecule is NCC1CCCCN1C(=O)c1ccc(CNC(N)=O)cc1. The van der Waals surface area contributed by atoms with Crippen molar-refractivity contribution in [2.24, 2.45) is 11.5 Å². The van der Waals surface area contributed by atoms with Crippen molar-refractivity contribution in [3.63, 3.8) is 0 Å². The minimum atomic E-state index is -0.561. The lowest BCUT2D eigenvalue weighted by Gasteiger charge is -2.35. The third-order valence-corrected chi connectivity index (χ3v) is 3.83. The van der Waals surface area contributed by atoms with Gasteiger partial charge in [0.1, 0.15) is 0 Å². The van der Waals surface area contributed by atoms with E-state index >= 15 is 0 Å². The minimum absolute atomic E-state index is 0.0274. The fraction of sp³-hybridized carbons (Fsp3) is 0.467. The molecule has 1 atom stereocenters. The number of carbonyl (C=O) groups excluding carboxylic acids is 2. The average Bonchev–Trinajstić information content (AvgIpc) is 2.52. The molecule has 1 aliphatic heterocycles. The molecule has 0 radical (unpaired) electrons. The summed E-state index contributed by atoms with van der Waals surface area (Å²) in [6.07, 6.45) is 3.13. The number of rotatable bonds is 4. The molecule has 1 unspecified atom stereocenters. The van der Waals surface area contributed by atoms with Gasteiger partial charge in [-0.05, 0) is 37.0 Å². The second-order valence-corrected chi connectivity index (χ2v) is 5.30. The monoisotopic (exact) mass is 290 g/mol. The Balaban J connectivity index is 2.03. The van der Waals surface area contributed by atoms with Crippen LogP contribution >= 0.6 is 0 Å². The third-order valence-electron chi connectivity index (χ3n) is 3.83. The molecule has 1 aliphatic rings. The number of benzene rings is 1. The van der Waals surface area contributed by atoms with Crippen LogP contribution in [0.3, 0.4) is 0 Å². The van der Waals surface area contributed by atoms with E-state index in [9.17, 15) is 9.59 Å². The molecule has 0 aliphatic carbocycles. The molecule has 1 fully saturated rings. The van der Waals surface area contributed by atoms with Crippen molar-refractivity contribution in [2.45, 2.75) is 31.8 Å². The summed E-state index contributed by atoms with van der Waals surface area (Å²) in [5.74, 6) is 0.0274. The molecule has 2 rings (SSSR count). The fourth-order valence-corrected chi connectivity index (χ4v) is 2.63. The lowest BCUT2D eigenvalue weighted by Crippen LogP contribution is -2.47. The molecule has 5 N–H and O–H groups in total. The molecule has 0 aromatic heterocycles. The molecule has 1 aromatic rings. The van der Waals surface area contributed by atoms with E-state index in [1.54, 1.807) is 12.1 Å². The smallest absolute Gasteiger partial charge is 0.312 e. The van der Waals surface area contributed by atoms with Gasteiger partial charge in [-0.1, -0.05) is 12.1 Å². The van der Waals surface area contributed by atoms with Crippen LogP contribution in [0.5, 0.6) is 0 Å². The Morgan fingerprint density at radius 2 is 1.95 bits per heavy atom. The number of amides is 3. The van der Waals surface area contributed by atoms with Crippen molar-refractivity contribution < 1.29 is 9.59 Å². The highest BCUT2D eigenvalue weighted by molar-refractivity contribution is 5.94. The molecule has 21 heavy (non-hydrogen) atoms. The van der Waals surface area contributed by atoms with Gasteiger partial charge in [0, 0.05) is 31.2 Å². The van der Waals surface area contributed by atoms with Gasteiger partial charge in [0.05, 0.1) is 0 Å². The summed E-state index contributed by atoms with van der Waals surface area (Å²) in [5.41, 5.74) is 12.3. The van der Waals surface area contributed by atoms with Crippen LogP contribution in [-0.4, -0.2) is 36.0 Å². The topological polar surface area (TPSA) is 101 Å². The highest BCUT2D eigenvalue weighted by atomic mass is 16.2. The van der Waals surface area contributed by atoms with Crippen molar-refractivity contribution in [3.8, 4) is 0 Å². The molecule has 3 amide bonds. The van der Waals surface area contributed by atoms with Crippen LogP contribution in [0, 0.1) is 0 Å². The lowest BCUT2D eigenvalue weighted by molar-refractivity contribution is 0.0623.